The molecule has 1 N–H and O–H groups in total. The minimum absolute atomic E-state index is 0.182. The summed E-state index contributed by atoms with van der Waals surface area (Å²) in [6.07, 6.45) is 1.66. The van der Waals surface area contributed by atoms with E-state index in [0.717, 1.165) is 17.4 Å². The van der Waals surface area contributed by atoms with Crippen molar-refractivity contribution in [2.24, 2.45) is 0 Å². The first kappa shape index (κ1) is 16.7. The molecule has 0 aliphatic rings. The Morgan fingerprint density at radius 3 is 2.60 bits per heavy atom. The second-order valence-electron chi connectivity index (χ2n) is 5.62. The van der Waals surface area contributed by atoms with Gasteiger partial charge < -0.3 is 9.72 Å². The van der Waals surface area contributed by atoms with Gasteiger partial charge in [0.15, 0.2) is 0 Å². The molecule has 0 fully saturated rings. The maximum absolute atomic E-state index is 12.8. The predicted octanol–water partition coefficient (Wildman–Crippen LogP) is 2.64. The number of rotatable bonds is 5. The molecular formula is C19H18N2O4. The maximum atomic E-state index is 12.8. The fourth-order valence-electron chi connectivity index (χ4n) is 2.61. The van der Waals surface area contributed by atoms with Crippen LogP contribution in [0.5, 0.6) is 0 Å². The van der Waals surface area contributed by atoms with Crippen LogP contribution >= 0.6 is 0 Å². The highest BCUT2D eigenvalue weighted by Crippen LogP contribution is 2.14. The van der Waals surface area contributed by atoms with Gasteiger partial charge in [-0.15, -0.1) is 0 Å². The fourth-order valence-corrected chi connectivity index (χ4v) is 2.61. The molecule has 0 aliphatic carbocycles. The Bertz CT molecular complexity index is 1030. The molecule has 2 aromatic carbocycles. The number of carbonyl (C=O) groups excluding carboxylic acids is 1. The monoisotopic (exact) mass is 338 g/mol. The molecule has 3 aromatic rings. The van der Waals surface area contributed by atoms with E-state index in [9.17, 15) is 14.4 Å². The first-order chi connectivity index (χ1) is 12.1. The van der Waals surface area contributed by atoms with E-state index in [1.807, 2.05) is 6.92 Å². The average molecular weight is 338 g/mol. The van der Waals surface area contributed by atoms with Crippen molar-refractivity contribution in [2.75, 3.05) is 6.61 Å². The number of hydrogen-bond donors (Lipinski definition) is 1. The van der Waals surface area contributed by atoms with Crippen LogP contribution in [0.4, 0.5) is 0 Å². The number of nitrogens with zero attached hydrogens (tertiary/aromatic N) is 1. The van der Waals surface area contributed by atoms with E-state index in [1.54, 1.807) is 48.5 Å². The number of para-hydroxylation sites is 2. The van der Waals surface area contributed by atoms with Gasteiger partial charge in [-0.2, -0.15) is 0 Å². The van der Waals surface area contributed by atoms with E-state index in [1.165, 1.54) is 0 Å². The second kappa shape index (κ2) is 7.17. The summed E-state index contributed by atoms with van der Waals surface area (Å²) in [7, 11) is 0. The summed E-state index contributed by atoms with van der Waals surface area (Å²) < 4.78 is 6.20. The third-order valence-corrected chi connectivity index (χ3v) is 3.90. The molecule has 1 heterocycles. The van der Waals surface area contributed by atoms with Gasteiger partial charge in [-0.25, -0.2) is 14.2 Å². The van der Waals surface area contributed by atoms with Crippen molar-refractivity contribution in [3.63, 3.8) is 0 Å². The Morgan fingerprint density at radius 1 is 1.08 bits per heavy atom. The third-order valence-electron chi connectivity index (χ3n) is 3.90. The molecular weight excluding hydrogens is 320 g/mol. The molecule has 0 spiro atoms. The lowest BCUT2D eigenvalue weighted by Gasteiger charge is -2.11. The number of nitrogens with one attached hydrogen (secondary N) is 1. The zero-order chi connectivity index (χ0) is 17.8. The summed E-state index contributed by atoms with van der Waals surface area (Å²) >= 11 is 0. The minimum Gasteiger partial charge on any atom is -0.462 e. The molecule has 3 rings (SSSR count). The van der Waals surface area contributed by atoms with Crippen molar-refractivity contribution >= 4 is 16.9 Å². The van der Waals surface area contributed by atoms with Gasteiger partial charge in [0, 0.05) is 0 Å². The highest BCUT2D eigenvalue weighted by Gasteiger charge is 2.17. The summed E-state index contributed by atoms with van der Waals surface area (Å²) in [6.45, 7) is 2.29. The normalized spacial score (nSPS) is 10.8. The van der Waals surface area contributed by atoms with Crippen LogP contribution in [-0.2, 0) is 4.74 Å². The Labute approximate surface area is 143 Å². The number of ether oxygens (including phenoxy) is 1. The highest BCUT2D eigenvalue weighted by molar-refractivity contribution is 5.93. The van der Waals surface area contributed by atoms with Crippen LogP contribution in [0.25, 0.3) is 16.6 Å². The molecule has 0 amide bonds. The number of H-pyrrole nitrogens is 1. The van der Waals surface area contributed by atoms with Gasteiger partial charge in [-0.05, 0) is 30.7 Å². The molecule has 6 heteroatoms. The average Bonchev–Trinajstić information content (AvgIpc) is 2.62. The van der Waals surface area contributed by atoms with Crippen LogP contribution in [0.15, 0.2) is 58.1 Å². The minimum atomic E-state index is -0.600. The van der Waals surface area contributed by atoms with Gasteiger partial charge in [0.2, 0.25) is 0 Å². The molecule has 6 nitrogen and oxygen atoms in total. The van der Waals surface area contributed by atoms with E-state index in [2.05, 4.69) is 4.98 Å². The Morgan fingerprint density at radius 2 is 1.80 bits per heavy atom. The van der Waals surface area contributed by atoms with Crippen LogP contribution in [-0.4, -0.2) is 22.1 Å². The molecule has 0 saturated carbocycles. The van der Waals surface area contributed by atoms with Gasteiger partial charge in [-0.1, -0.05) is 37.6 Å². The van der Waals surface area contributed by atoms with Crippen molar-refractivity contribution in [2.45, 2.75) is 19.8 Å². The third kappa shape index (κ3) is 3.24. The molecule has 0 atom stereocenters. The molecule has 128 valence electrons. The molecule has 1 aromatic heterocycles. The number of carbonyl (C=O) groups is 1. The van der Waals surface area contributed by atoms with E-state index >= 15 is 0 Å². The van der Waals surface area contributed by atoms with Crippen LogP contribution in [0.2, 0.25) is 0 Å². The summed E-state index contributed by atoms with van der Waals surface area (Å²) in [4.78, 5) is 40.2. The van der Waals surface area contributed by atoms with Crippen LogP contribution in [0.3, 0.4) is 0 Å². The van der Waals surface area contributed by atoms with Crippen LogP contribution < -0.4 is 11.2 Å². The number of esters is 1. The summed E-state index contributed by atoms with van der Waals surface area (Å²) in [6, 6.07) is 13.2. The summed E-state index contributed by atoms with van der Waals surface area (Å²) in [5.41, 5.74) is -0.232. The first-order valence-electron chi connectivity index (χ1n) is 8.14. The number of fused-ring (bicyclic) bond motifs is 1. The standard InChI is InChI=1S/C19H18N2O4/c1-2-3-12-25-18(23)14-9-5-7-11-16(14)21-17(22)13-8-4-6-10-15(13)20-19(21)24/h4-11H,2-3,12H2,1H3,(H,20,24). The molecule has 0 aliphatic heterocycles. The predicted molar refractivity (Wildman–Crippen MR) is 95.4 cm³/mol. The maximum Gasteiger partial charge on any atom is 0.340 e. The van der Waals surface area contributed by atoms with Gasteiger partial charge in [-0.3, -0.25) is 4.79 Å². The smallest absolute Gasteiger partial charge is 0.340 e. The van der Waals surface area contributed by atoms with Gasteiger partial charge in [0.25, 0.3) is 5.56 Å². The lowest BCUT2D eigenvalue weighted by molar-refractivity contribution is 0.0499. The van der Waals surface area contributed by atoms with Crippen LogP contribution in [0.1, 0.15) is 30.1 Å². The highest BCUT2D eigenvalue weighted by atomic mass is 16.5. The van der Waals surface area contributed by atoms with Crippen molar-refractivity contribution in [3.05, 3.63) is 74.9 Å². The first-order valence-corrected chi connectivity index (χ1v) is 8.14. The number of hydrogen-bond acceptors (Lipinski definition) is 4. The Hall–Kier alpha value is -3.15. The van der Waals surface area contributed by atoms with E-state index < -0.39 is 17.2 Å². The van der Waals surface area contributed by atoms with E-state index in [0.29, 0.717) is 17.5 Å². The summed E-state index contributed by atoms with van der Waals surface area (Å²) in [5, 5.41) is 0.372. The number of benzene rings is 2. The zero-order valence-corrected chi connectivity index (χ0v) is 13.8. The quantitative estimate of drug-likeness (QED) is 0.573. The van der Waals surface area contributed by atoms with Crippen LogP contribution in [0, 0.1) is 0 Å². The zero-order valence-electron chi connectivity index (χ0n) is 13.8. The lowest BCUT2D eigenvalue weighted by Crippen LogP contribution is -2.34. The van der Waals surface area contributed by atoms with Crippen molar-refractivity contribution < 1.29 is 9.53 Å². The van der Waals surface area contributed by atoms with Crippen molar-refractivity contribution in [1.82, 2.24) is 9.55 Å². The molecule has 0 radical (unpaired) electrons. The largest absolute Gasteiger partial charge is 0.462 e. The van der Waals surface area contributed by atoms with Crippen molar-refractivity contribution in [3.8, 4) is 5.69 Å². The number of aromatic nitrogens is 2. The second-order valence-corrected chi connectivity index (χ2v) is 5.62. The van der Waals surface area contributed by atoms with Gasteiger partial charge in [0.05, 0.1) is 28.8 Å². The molecule has 0 unspecified atom stereocenters. The Balaban J connectivity index is 2.15. The number of aromatic amines is 1. The van der Waals surface area contributed by atoms with Gasteiger partial charge >= 0.3 is 11.7 Å². The van der Waals surface area contributed by atoms with Gasteiger partial charge in [0.1, 0.15) is 0 Å². The van der Waals surface area contributed by atoms with E-state index in [-0.39, 0.29) is 11.3 Å². The summed E-state index contributed by atoms with van der Waals surface area (Å²) in [5.74, 6) is -0.552. The molecule has 25 heavy (non-hydrogen) atoms. The lowest BCUT2D eigenvalue weighted by atomic mass is 10.1. The fraction of sp³-hybridized carbons (Fsp3) is 0.211. The molecule has 0 bridgehead atoms. The number of unbranched alkanes of at least 4 members (excludes halogenated alkanes) is 1. The Kier molecular flexibility index (Phi) is 4.79. The van der Waals surface area contributed by atoms with E-state index in [4.69, 9.17) is 4.74 Å². The SMILES string of the molecule is CCCCOC(=O)c1ccccc1-n1c(=O)[nH]c2ccccc2c1=O. The van der Waals surface area contributed by atoms with Crippen molar-refractivity contribution in [1.29, 1.82) is 0 Å². The molecule has 0 saturated heterocycles. The topological polar surface area (TPSA) is 81.2 Å².